The maximum Gasteiger partial charge on any atom is 0.312 e. The number of nitrogens with one attached hydrogen (secondary N) is 2. The lowest BCUT2D eigenvalue weighted by Gasteiger charge is -2.30. The third-order valence-corrected chi connectivity index (χ3v) is 4.05. The second-order valence-corrected chi connectivity index (χ2v) is 5.61. The van der Waals surface area contributed by atoms with Gasteiger partial charge in [0.2, 0.25) is 0 Å². The summed E-state index contributed by atoms with van der Waals surface area (Å²) in [5, 5.41) is 2.82. The van der Waals surface area contributed by atoms with Crippen LogP contribution in [-0.2, 0) is 14.3 Å². The normalized spacial score (nSPS) is 20.7. The van der Waals surface area contributed by atoms with Crippen LogP contribution in [0.25, 0.3) is 6.08 Å². The Morgan fingerprint density at radius 2 is 2.21 bits per heavy atom. The van der Waals surface area contributed by atoms with Crippen LogP contribution in [0.15, 0.2) is 30.3 Å². The molecule has 1 heterocycles. The fourth-order valence-electron chi connectivity index (χ4n) is 2.84. The molecule has 0 spiro atoms. The number of carbonyl (C=O) groups is 2. The minimum atomic E-state index is -0.403. The number of rotatable bonds is 7. The van der Waals surface area contributed by atoms with Crippen LogP contribution >= 0.6 is 0 Å². The van der Waals surface area contributed by atoms with Crippen LogP contribution < -0.4 is 15.0 Å². The molecule has 1 aliphatic rings. The van der Waals surface area contributed by atoms with Gasteiger partial charge in [-0.05, 0) is 25.1 Å². The highest BCUT2D eigenvalue weighted by Gasteiger charge is 2.35. The van der Waals surface area contributed by atoms with Gasteiger partial charge in [-0.15, -0.1) is 0 Å². The van der Waals surface area contributed by atoms with Crippen molar-refractivity contribution in [3.63, 3.8) is 0 Å². The second kappa shape index (κ2) is 9.08. The van der Waals surface area contributed by atoms with Crippen molar-refractivity contribution >= 4 is 18.0 Å². The van der Waals surface area contributed by atoms with Crippen molar-refractivity contribution in [1.29, 1.82) is 0 Å². The Balaban J connectivity index is 2.01. The number of amides is 1. The molecule has 0 radical (unpaired) electrons. The second-order valence-electron chi connectivity index (χ2n) is 5.61. The van der Waals surface area contributed by atoms with Gasteiger partial charge in [0.25, 0.3) is 5.91 Å². The zero-order valence-corrected chi connectivity index (χ0v) is 14.2. The topological polar surface area (TPSA) is 69.1 Å². The molecule has 0 aliphatic carbocycles. The Kier molecular flexibility index (Phi) is 6.81. The maximum absolute atomic E-state index is 12.1. The molecule has 2 N–H and O–H groups in total. The number of carbonyl (C=O) groups excluding carboxylic acids is 2. The third-order valence-electron chi connectivity index (χ3n) is 4.05. The number of hydrogen-bond acceptors (Lipinski definition) is 4. The Hall–Kier alpha value is -2.34. The number of benzene rings is 1. The lowest BCUT2D eigenvalue weighted by Crippen LogP contribution is -3.19. The monoisotopic (exact) mass is 333 g/mol. The number of methoxy groups -OCH3 is 1. The van der Waals surface area contributed by atoms with Crippen LogP contribution in [0.1, 0.15) is 18.9 Å². The van der Waals surface area contributed by atoms with Crippen molar-refractivity contribution < 1.29 is 24.0 Å². The predicted molar refractivity (Wildman–Crippen MR) is 90.8 cm³/mol. The SMILES string of the molecule is CCOC(=O)C[C@H]1C(=O)NCC[NH+]1C/C=C/c1ccccc1OC. The molecule has 1 aromatic rings. The van der Waals surface area contributed by atoms with Gasteiger partial charge in [0.1, 0.15) is 12.2 Å². The van der Waals surface area contributed by atoms with Crippen LogP contribution in [0.2, 0.25) is 0 Å². The van der Waals surface area contributed by atoms with E-state index >= 15 is 0 Å². The largest absolute Gasteiger partial charge is 0.496 e. The Bertz CT molecular complexity index is 600. The number of hydrogen-bond donors (Lipinski definition) is 2. The van der Waals surface area contributed by atoms with Crippen molar-refractivity contribution in [3.05, 3.63) is 35.9 Å². The van der Waals surface area contributed by atoms with Gasteiger partial charge in [0.05, 0.1) is 33.4 Å². The molecule has 1 fully saturated rings. The number of piperazine rings is 1. The van der Waals surface area contributed by atoms with E-state index in [0.29, 0.717) is 19.7 Å². The molecule has 1 unspecified atom stereocenters. The van der Waals surface area contributed by atoms with E-state index in [9.17, 15) is 9.59 Å². The molecule has 1 amide bonds. The Labute approximate surface area is 142 Å². The van der Waals surface area contributed by atoms with Crippen LogP contribution in [0, 0.1) is 0 Å². The molecule has 0 saturated carbocycles. The minimum absolute atomic E-state index is 0.0880. The molecule has 0 aromatic heterocycles. The first kappa shape index (κ1) is 18.0. The van der Waals surface area contributed by atoms with Gasteiger partial charge in [0.15, 0.2) is 6.04 Å². The zero-order valence-electron chi connectivity index (χ0n) is 14.2. The highest BCUT2D eigenvalue weighted by atomic mass is 16.5. The zero-order chi connectivity index (χ0) is 17.4. The summed E-state index contributed by atoms with van der Waals surface area (Å²) in [6.45, 7) is 4.16. The molecule has 2 atom stereocenters. The van der Waals surface area contributed by atoms with Gasteiger partial charge in [-0.25, -0.2) is 0 Å². The molecule has 1 aliphatic heterocycles. The number of para-hydroxylation sites is 1. The first-order chi connectivity index (χ1) is 11.7. The van der Waals surface area contributed by atoms with E-state index in [1.807, 2.05) is 36.4 Å². The number of esters is 1. The van der Waals surface area contributed by atoms with E-state index < -0.39 is 6.04 Å². The summed E-state index contributed by atoms with van der Waals surface area (Å²) >= 11 is 0. The van der Waals surface area contributed by atoms with Crippen LogP contribution in [-0.4, -0.2) is 51.3 Å². The fourth-order valence-corrected chi connectivity index (χ4v) is 2.84. The van der Waals surface area contributed by atoms with E-state index in [1.54, 1.807) is 14.0 Å². The highest BCUT2D eigenvalue weighted by Crippen LogP contribution is 2.18. The molecule has 130 valence electrons. The Morgan fingerprint density at radius 3 is 2.96 bits per heavy atom. The van der Waals surface area contributed by atoms with Crippen molar-refractivity contribution in [1.82, 2.24) is 5.32 Å². The number of quaternary nitrogens is 1. The van der Waals surface area contributed by atoms with Gasteiger partial charge >= 0.3 is 5.97 Å². The molecular weight excluding hydrogens is 308 g/mol. The van der Waals surface area contributed by atoms with Crippen LogP contribution in [0.3, 0.4) is 0 Å². The smallest absolute Gasteiger partial charge is 0.312 e. The van der Waals surface area contributed by atoms with Gasteiger partial charge in [-0.1, -0.05) is 18.2 Å². The number of ether oxygens (including phenoxy) is 2. The van der Waals surface area contributed by atoms with Crippen molar-refractivity contribution in [3.8, 4) is 5.75 Å². The Morgan fingerprint density at radius 1 is 1.42 bits per heavy atom. The maximum atomic E-state index is 12.1. The van der Waals surface area contributed by atoms with Gasteiger partial charge in [0, 0.05) is 5.56 Å². The molecule has 2 rings (SSSR count). The summed E-state index contributed by atoms with van der Waals surface area (Å²) in [5.41, 5.74) is 0.989. The quantitative estimate of drug-likeness (QED) is 0.692. The summed E-state index contributed by atoms with van der Waals surface area (Å²) in [5.74, 6) is 0.393. The first-order valence-electron chi connectivity index (χ1n) is 8.23. The molecule has 24 heavy (non-hydrogen) atoms. The van der Waals surface area contributed by atoms with Crippen molar-refractivity contribution in [2.24, 2.45) is 0 Å². The van der Waals surface area contributed by atoms with E-state index in [4.69, 9.17) is 9.47 Å². The summed E-state index contributed by atoms with van der Waals surface area (Å²) in [4.78, 5) is 24.9. The molecule has 1 aromatic carbocycles. The van der Waals surface area contributed by atoms with E-state index in [1.165, 1.54) is 0 Å². The van der Waals surface area contributed by atoms with Gasteiger partial charge in [-0.2, -0.15) is 0 Å². The molecule has 0 bridgehead atoms. The van der Waals surface area contributed by atoms with Crippen molar-refractivity contribution in [2.45, 2.75) is 19.4 Å². The molecule has 6 nitrogen and oxygen atoms in total. The van der Waals surface area contributed by atoms with Gasteiger partial charge < -0.3 is 19.7 Å². The highest BCUT2D eigenvalue weighted by molar-refractivity contribution is 5.85. The average molecular weight is 333 g/mol. The summed E-state index contributed by atoms with van der Waals surface area (Å²) in [6.07, 6.45) is 4.11. The van der Waals surface area contributed by atoms with Gasteiger partial charge in [-0.3, -0.25) is 9.59 Å². The van der Waals surface area contributed by atoms with Crippen LogP contribution in [0.5, 0.6) is 5.75 Å². The average Bonchev–Trinajstić information content (AvgIpc) is 2.58. The summed E-state index contributed by atoms with van der Waals surface area (Å²) in [6, 6.07) is 7.35. The van der Waals surface area contributed by atoms with Crippen molar-refractivity contribution in [2.75, 3.05) is 33.4 Å². The standard InChI is InChI=1S/C18H24N2O4/c1-3-24-17(21)13-15-18(22)19-10-12-20(15)11-6-8-14-7-4-5-9-16(14)23-2/h4-9,15H,3,10-13H2,1-2H3,(H,19,22)/p+1/b8-6+/t15-/m0/s1. The predicted octanol–water partition coefficient (Wildman–Crippen LogP) is 0.0449. The van der Waals surface area contributed by atoms with E-state index in [2.05, 4.69) is 5.32 Å². The third kappa shape index (κ3) is 4.83. The molecule has 1 saturated heterocycles. The lowest BCUT2D eigenvalue weighted by atomic mass is 10.1. The van der Waals surface area contributed by atoms with E-state index in [0.717, 1.165) is 22.8 Å². The lowest BCUT2D eigenvalue weighted by molar-refractivity contribution is -0.911. The summed E-state index contributed by atoms with van der Waals surface area (Å²) in [7, 11) is 1.64. The fraction of sp³-hybridized carbons (Fsp3) is 0.444. The summed E-state index contributed by atoms with van der Waals surface area (Å²) < 4.78 is 10.3. The van der Waals surface area contributed by atoms with Crippen LogP contribution in [0.4, 0.5) is 0 Å². The molecular formula is C18H25N2O4+. The molecule has 6 heteroatoms. The first-order valence-corrected chi connectivity index (χ1v) is 8.23. The van der Waals surface area contributed by atoms with E-state index in [-0.39, 0.29) is 18.3 Å². The minimum Gasteiger partial charge on any atom is -0.496 e.